The summed E-state index contributed by atoms with van der Waals surface area (Å²) in [5.74, 6) is -2.88. The number of ether oxygens (including phenoxy) is 1. The van der Waals surface area contributed by atoms with E-state index < -0.39 is 74.3 Å². The van der Waals surface area contributed by atoms with Crippen LogP contribution in [0.5, 0.6) is 5.75 Å². The van der Waals surface area contributed by atoms with E-state index in [1.54, 1.807) is 0 Å². The highest BCUT2D eigenvalue weighted by Crippen LogP contribution is 2.40. The van der Waals surface area contributed by atoms with Crippen LogP contribution in [0.3, 0.4) is 0 Å². The van der Waals surface area contributed by atoms with E-state index in [1.807, 2.05) is 0 Å². The van der Waals surface area contributed by atoms with Crippen LogP contribution in [0.15, 0.2) is 24.3 Å². The van der Waals surface area contributed by atoms with Gasteiger partial charge in [0, 0.05) is 37.1 Å². The Bertz CT molecular complexity index is 985. The molecule has 0 spiro atoms. The summed E-state index contributed by atoms with van der Waals surface area (Å²) < 4.78 is 151. The summed E-state index contributed by atoms with van der Waals surface area (Å²) in [5.41, 5.74) is -4.93. The van der Waals surface area contributed by atoms with Gasteiger partial charge in [-0.15, -0.1) is 0 Å². The summed E-state index contributed by atoms with van der Waals surface area (Å²) in [6, 6.07) is 4.04. The molecule has 0 amide bonds. The van der Waals surface area contributed by atoms with E-state index in [-0.39, 0.29) is 5.75 Å². The van der Waals surface area contributed by atoms with Gasteiger partial charge >= 0.3 is 0 Å². The number of nitrogens with zero attached hydrogens (tertiary/aromatic N) is 1. The van der Waals surface area contributed by atoms with Crippen LogP contribution in [-0.2, 0) is 0 Å². The first-order chi connectivity index (χ1) is 16.5. The lowest BCUT2D eigenvalue weighted by molar-refractivity contribution is -0.0277. The molecule has 3 heteroatoms. The number of methoxy groups -OCH3 is 1. The van der Waals surface area contributed by atoms with Crippen molar-refractivity contribution >= 4 is 0 Å². The number of hydrogen-bond acceptors (Lipinski definition) is 3. The minimum absolute atomic E-state index is 0.0974. The molecule has 1 atom stereocenters. The largest absolute Gasteiger partial charge is 0.497 e. The Morgan fingerprint density at radius 1 is 1.35 bits per heavy atom. The van der Waals surface area contributed by atoms with E-state index in [2.05, 4.69) is 0 Å². The van der Waals surface area contributed by atoms with E-state index in [0.29, 0.717) is 0 Å². The van der Waals surface area contributed by atoms with E-state index in [9.17, 15) is 5.11 Å². The summed E-state index contributed by atoms with van der Waals surface area (Å²) in [6.07, 6.45) is -20.5. The Morgan fingerprint density at radius 3 is 2.55 bits per heavy atom. The van der Waals surface area contributed by atoms with Crippen LogP contribution in [0.1, 0.15) is 68.0 Å². The Kier molecular flexibility index (Phi) is 1.40. The maximum absolute atomic E-state index is 11.9. The minimum Gasteiger partial charge on any atom is -0.497 e. The second kappa shape index (κ2) is 6.59. The van der Waals surface area contributed by atoms with Crippen LogP contribution in [0.2, 0.25) is 0 Å². The maximum atomic E-state index is 11.9. The summed E-state index contributed by atoms with van der Waals surface area (Å²) in [7, 11) is 1.23. The average molecular weight is 296 g/mol. The summed E-state index contributed by atoms with van der Waals surface area (Å²) >= 11 is 0. The smallest absolute Gasteiger partial charge is 0.118 e. The standard InChI is InChI=1S/C17H27NO2/c1-18(2)13-16(17(19)11-5-4-6-12-17)14-7-9-15(20-3)10-8-14/h7-10,16,19H,4-6,11-13H2,1-3H3/i1D3,2D3,4D2,5D2,6D2,11D2,12D2,13D2. The number of benzene rings is 1. The van der Waals surface area contributed by atoms with Gasteiger partial charge in [0.05, 0.1) is 12.7 Å². The summed E-state index contributed by atoms with van der Waals surface area (Å²) in [4.78, 5) is -0.694. The first kappa shape index (κ1) is 4.23. The molecule has 1 fully saturated rings. The molecule has 1 aliphatic carbocycles. The Labute approximate surface area is 147 Å². The van der Waals surface area contributed by atoms with Crippen molar-refractivity contribution in [3.63, 3.8) is 0 Å². The summed E-state index contributed by atoms with van der Waals surface area (Å²) in [6.45, 7) is -11.6. The van der Waals surface area contributed by atoms with Crippen LogP contribution >= 0.6 is 0 Å². The zero-order chi connectivity index (χ0) is 30.3. The normalized spacial score (nSPS) is 47.8. The van der Waals surface area contributed by atoms with E-state index >= 15 is 0 Å². The Balaban J connectivity index is 3.17. The van der Waals surface area contributed by atoms with Crippen LogP contribution in [0.25, 0.3) is 0 Å². The first-order valence-electron chi connectivity index (χ1n) is 14.7. The van der Waals surface area contributed by atoms with Crippen molar-refractivity contribution in [2.24, 2.45) is 0 Å². The second-order valence-electron chi connectivity index (χ2n) is 4.06. The molecular formula is C17H27NO2. The average Bonchev–Trinajstić information content (AvgIpc) is 2.69. The Morgan fingerprint density at radius 2 is 2.00 bits per heavy atom. The lowest BCUT2D eigenvalue weighted by atomic mass is 9.72. The molecule has 0 radical (unpaired) electrons. The van der Waals surface area contributed by atoms with Gasteiger partial charge in [-0.25, -0.2) is 0 Å². The highest BCUT2D eigenvalue weighted by molar-refractivity contribution is 5.31. The van der Waals surface area contributed by atoms with Crippen LogP contribution in [0, 0.1) is 0 Å². The van der Waals surface area contributed by atoms with E-state index in [1.165, 1.54) is 7.11 Å². The molecule has 1 aliphatic rings. The predicted molar refractivity (Wildman–Crippen MR) is 82.3 cm³/mol. The molecule has 1 unspecified atom stereocenters. The van der Waals surface area contributed by atoms with Crippen molar-refractivity contribution < 1.29 is 34.5 Å². The van der Waals surface area contributed by atoms with Crippen molar-refractivity contribution in [2.45, 2.75) is 43.4 Å². The molecule has 1 N–H and O–H groups in total. The molecule has 0 saturated heterocycles. The van der Waals surface area contributed by atoms with Gasteiger partial charge in [0.15, 0.2) is 0 Å². The zero-order valence-corrected chi connectivity index (χ0v) is 10.7. The van der Waals surface area contributed by atoms with E-state index in [4.69, 9.17) is 29.4 Å². The van der Waals surface area contributed by atoms with Crippen molar-refractivity contribution in [1.29, 1.82) is 0 Å². The van der Waals surface area contributed by atoms with Crippen molar-refractivity contribution in [2.75, 3.05) is 27.6 Å². The number of hydrogen-bond donors (Lipinski definition) is 1. The fourth-order valence-corrected chi connectivity index (χ4v) is 1.79. The molecule has 1 aromatic rings. The van der Waals surface area contributed by atoms with Crippen molar-refractivity contribution in [3.8, 4) is 5.75 Å². The zero-order valence-electron chi connectivity index (χ0n) is 28.7. The second-order valence-corrected chi connectivity index (χ2v) is 4.06. The lowest BCUT2D eigenvalue weighted by Gasteiger charge is -2.40. The molecule has 20 heavy (non-hydrogen) atoms. The van der Waals surface area contributed by atoms with Crippen molar-refractivity contribution in [3.05, 3.63) is 29.8 Å². The predicted octanol–water partition coefficient (Wildman–Crippen LogP) is 3.04. The fourth-order valence-electron chi connectivity index (χ4n) is 1.79. The molecule has 0 heterocycles. The van der Waals surface area contributed by atoms with Gasteiger partial charge < -0.3 is 14.7 Å². The molecule has 1 aromatic carbocycles. The molecule has 2 rings (SSSR count). The maximum Gasteiger partial charge on any atom is 0.118 e. The fraction of sp³-hybridized carbons (Fsp3) is 0.647. The number of likely N-dealkylation sites (N-methyl/N-ethyl adjacent to an activating group) is 1. The van der Waals surface area contributed by atoms with Crippen molar-refractivity contribution in [1.82, 2.24) is 4.90 Å². The molecule has 3 nitrogen and oxygen atoms in total. The van der Waals surface area contributed by atoms with Gasteiger partial charge in [-0.05, 0) is 44.4 Å². The topological polar surface area (TPSA) is 32.7 Å². The van der Waals surface area contributed by atoms with E-state index in [0.717, 1.165) is 24.3 Å². The highest BCUT2D eigenvalue weighted by Gasteiger charge is 2.38. The SMILES string of the molecule is [2H]C([2H])([2H])N(C([2H])([2H])[2H])C([2H])([2H])C(c1ccc(OC)cc1)C1(O)C([2H])([2H])C([2H])([2H])C([2H])([2H])C([2H])([2H])C1([2H])[2H]. The van der Waals surface area contributed by atoms with Gasteiger partial charge in [-0.2, -0.15) is 0 Å². The monoisotopic (exact) mass is 295 g/mol. The molecular weight excluding hydrogens is 250 g/mol. The molecule has 0 aliphatic heterocycles. The first-order valence-corrected chi connectivity index (χ1v) is 5.69. The van der Waals surface area contributed by atoms with Gasteiger partial charge in [-0.3, -0.25) is 0 Å². The minimum atomic E-state index is -4.27. The summed E-state index contributed by atoms with van der Waals surface area (Å²) in [5, 5.41) is 11.9. The molecule has 112 valence electrons. The van der Waals surface area contributed by atoms with Gasteiger partial charge in [-0.1, -0.05) is 31.3 Å². The number of aliphatic hydroxyl groups is 1. The molecule has 0 bridgehead atoms. The molecule has 1 saturated carbocycles. The van der Waals surface area contributed by atoms with Crippen LogP contribution in [0.4, 0.5) is 0 Å². The van der Waals surface area contributed by atoms with Gasteiger partial charge in [0.1, 0.15) is 5.75 Å². The quantitative estimate of drug-likeness (QED) is 0.906. The molecule has 0 aromatic heterocycles. The third-order valence-corrected chi connectivity index (χ3v) is 2.76. The highest BCUT2D eigenvalue weighted by atomic mass is 16.5. The van der Waals surface area contributed by atoms with Gasteiger partial charge in [0.2, 0.25) is 0 Å². The lowest BCUT2D eigenvalue weighted by Crippen LogP contribution is -2.42. The Hall–Kier alpha value is -1.06. The van der Waals surface area contributed by atoms with Crippen LogP contribution in [-0.4, -0.2) is 43.2 Å². The third-order valence-electron chi connectivity index (χ3n) is 2.76. The van der Waals surface area contributed by atoms with Gasteiger partial charge in [0.25, 0.3) is 0 Å². The van der Waals surface area contributed by atoms with Crippen LogP contribution < -0.4 is 4.74 Å². The number of rotatable bonds is 5. The third kappa shape index (κ3) is 3.53.